The lowest BCUT2D eigenvalue weighted by Crippen LogP contribution is -2.37. The fourth-order valence-corrected chi connectivity index (χ4v) is 3.50. The lowest BCUT2D eigenvalue weighted by molar-refractivity contribution is -0.119. The summed E-state index contributed by atoms with van der Waals surface area (Å²) in [7, 11) is -3.68. The molecule has 0 saturated heterocycles. The maximum atomic E-state index is 12.1. The van der Waals surface area contributed by atoms with Gasteiger partial charge in [-0.3, -0.25) is 4.79 Å². The monoisotopic (exact) mass is 376 g/mol. The predicted molar refractivity (Wildman–Crippen MR) is 95.8 cm³/mol. The molecule has 0 aromatic heterocycles. The van der Waals surface area contributed by atoms with E-state index in [1.165, 1.54) is 12.1 Å². The van der Waals surface area contributed by atoms with Crippen LogP contribution in [0.1, 0.15) is 5.56 Å². The molecule has 0 saturated carbocycles. The Morgan fingerprint density at radius 1 is 1.00 bits per heavy atom. The summed E-state index contributed by atoms with van der Waals surface area (Å²) >= 11 is 0. The molecular formula is C18H20N2O5S. The first-order chi connectivity index (χ1) is 12.5. The molecule has 26 heavy (non-hydrogen) atoms. The van der Waals surface area contributed by atoms with Crippen LogP contribution in [0.5, 0.6) is 11.5 Å². The first-order valence-corrected chi connectivity index (χ1v) is 9.73. The zero-order valence-corrected chi connectivity index (χ0v) is 14.9. The summed E-state index contributed by atoms with van der Waals surface area (Å²) in [5.41, 5.74) is 0.999. The largest absolute Gasteiger partial charge is 0.486 e. The third kappa shape index (κ3) is 4.74. The van der Waals surface area contributed by atoms with Crippen molar-refractivity contribution >= 4 is 15.9 Å². The summed E-state index contributed by atoms with van der Waals surface area (Å²) in [5.74, 6) is 1.04. The number of hydrogen-bond donors (Lipinski definition) is 2. The van der Waals surface area contributed by atoms with E-state index in [0.29, 0.717) is 31.9 Å². The number of sulfonamides is 1. The Morgan fingerprint density at radius 3 is 2.50 bits per heavy atom. The summed E-state index contributed by atoms with van der Waals surface area (Å²) in [4.78, 5) is 12.0. The number of rotatable bonds is 7. The number of fused-ring (bicyclic) bond motifs is 1. The molecule has 0 atom stereocenters. The van der Waals surface area contributed by atoms with Crippen LogP contribution >= 0.6 is 0 Å². The first-order valence-electron chi connectivity index (χ1n) is 8.24. The Kier molecular flexibility index (Phi) is 5.75. The Balaban J connectivity index is 1.44. The van der Waals surface area contributed by atoms with Crippen molar-refractivity contribution in [2.45, 2.75) is 11.3 Å². The fraction of sp³-hybridized carbons (Fsp3) is 0.278. The van der Waals surface area contributed by atoms with Gasteiger partial charge in [-0.05, 0) is 36.2 Å². The zero-order valence-electron chi connectivity index (χ0n) is 14.1. The molecule has 0 fully saturated rings. The number of carbonyl (C=O) groups is 1. The zero-order chi connectivity index (χ0) is 18.4. The molecule has 0 spiro atoms. The maximum Gasteiger partial charge on any atom is 0.241 e. The van der Waals surface area contributed by atoms with Gasteiger partial charge in [0.1, 0.15) is 13.2 Å². The van der Waals surface area contributed by atoms with Gasteiger partial charge in [-0.15, -0.1) is 0 Å². The van der Waals surface area contributed by atoms with Gasteiger partial charge in [0.25, 0.3) is 0 Å². The molecule has 2 aromatic rings. The second kappa shape index (κ2) is 8.20. The van der Waals surface area contributed by atoms with Gasteiger partial charge < -0.3 is 14.8 Å². The van der Waals surface area contributed by atoms with E-state index in [4.69, 9.17) is 9.47 Å². The molecule has 0 unspecified atom stereocenters. The van der Waals surface area contributed by atoms with Gasteiger partial charge in [0.05, 0.1) is 11.4 Å². The van der Waals surface area contributed by atoms with E-state index in [0.717, 1.165) is 11.3 Å². The summed E-state index contributed by atoms with van der Waals surface area (Å²) in [6, 6.07) is 13.6. The van der Waals surface area contributed by atoms with Crippen molar-refractivity contribution in [1.29, 1.82) is 0 Å². The molecule has 1 heterocycles. The highest BCUT2D eigenvalue weighted by atomic mass is 32.2. The van der Waals surface area contributed by atoms with E-state index in [-0.39, 0.29) is 17.3 Å². The Bertz CT molecular complexity index is 868. The summed E-state index contributed by atoms with van der Waals surface area (Å²) in [5, 5.41) is 2.70. The minimum absolute atomic E-state index is 0.129. The number of benzene rings is 2. The second-order valence-corrected chi connectivity index (χ2v) is 7.48. The van der Waals surface area contributed by atoms with E-state index >= 15 is 0 Å². The molecule has 1 aliphatic heterocycles. The standard InChI is InChI=1S/C18H20N2O5S/c21-18(13-20-26(22,23)15-4-2-1-3-5-15)19-9-8-14-6-7-16-17(12-14)25-11-10-24-16/h1-7,12,20H,8-11,13H2,(H,19,21). The maximum absolute atomic E-state index is 12.1. The minimum atomic E-state index is -3.68. The Hall–Kier alpha value is -2.58. The van der Waals surface area contributed by atoms with E-state index in [9.17, 15) is 13.2 Å². The highest BCUT2D eigenvalue weighted by molar-refractivity contribution is 7.89. The summed E-state index contributed by atoms with van der Waals surface area (Å²) < 4.78 is 37.4. The average molecular weight is 376 g/mol. The van der Waals surface area contributed by atoms with Gasteiger partial charge in [-0.25, -0.2) is 13.1 Å². The lowest BCUT2D eigenvalue weighted by atomic mass is 10.1. The Labute approximate surface area is 152 Å². The van der Waals surface area contributed by atoms with Crippen molar-refractivity contribution in [3.8, 4) is 11.5 Å². The van der Waals surface area contributed by atoms with E-state index in [2.05, 4.69) is 10.0 Å². The normalized spacial score (nSPS) is 13.2. The van der Waals surface area contributed by atoms with E-state index in [1.54, 1.807) is 18.2 Å². The number of hydrogen-bond acceptors (Lipinski definition) is 5. The summed E-state index contributed by atoms with van der Waals surface area (Å²) in [6.07, 6.45) is 0.605. The van der Waals surface area contributed by atoms with Crippen LogP contribution in [0.25, 0.3) is 0 Å². The van der Waals surface area contributed by atoms with Crippen LogP contribution in [0.4, 0.5) is 0 Å². The molecule has 0 bridgehead atoms. The quantitative estimate of drug-likeness (QED) is 0.755. The van der Waals surface area contributed by atoms with Gasteiger partial charge in [-0.1, -0.05) is 24.3 Å². The van der Waals surface area contributed by atoms with E-state index in [1.807, 2.05) is 18.2 Å². The molecule has 0 radical (unpaired) electrons. The van der Waals surface area contributed by atoms with Crippen LogP contribution in [0.15, 0.2) is 53.4 Å². The van der Waals surface area contributed by atoms with Crippen LogP contribution in [-0.4, -0.2) is 40.6 Å². The topological polar surface area (TPSA) is 93.7 Å². The van der Waals surface area contributed by atoms with Crippen LogP contribution in [0.3, 0.4) is 0 Å². The highest BCUT2D eigenvalue weighted by Crippen LogP contribution is 2.30. The molecule has 8 heteroatoms. The molecule has 1 aliphatic rings. The van der Waals surface area contributed by atoms with Crippen LogP contribution < -0.4 is 19.5 Å². The van der Waals surface area contributed by atoms with Gasteiger partial charge in [0.15, 0.2) is 11.5 Å². The van der Waals surface area contributed by atoms with Crippen LogP contribution in [-0.2, 0) is 21.2 Å². The van der Waals surface area contributed by atoms with Crippen molar-refractivity contribution in [1.82, 2.24) is 10.0 Å². The smallest absolute Gasteiger partial charge is 0.241 e. The Morgan fingerprint density at radius 2 is 1.73 bits per heavy atom. The molecule has 0 aliphatic carbocycles. The van der Waals surface area contributed by atoms with E-state index < -0.39 is 10.0 Å². The molecule has 2 N–H and O–H groups in total. The van der Waals surface area contributed by atoms with Gasteiger partial charge in [0.2, 0.25) is 15.9 Å². The van der Waals surface area contributed by atoms with Crippen LogP contribution in [0.2, 0.25) is 0 Å². The van der Waals surface area contributed by atoms with Crippen molar-refractivity contribution < 1.29 is 22.7 Å². The minimum Gasteiger partial charge on any atom is -0.486 e. The van der Waals surface area contributed by atoms with Crippen LogP contribution in [0, 0.1) is 0 Å². The SMILES string of the molecule is O=C(CNS(=O)(=O)c1ccccc1)NCCc1ccc2c(c1)OCCO2. The predicted octanol–water partition coefficient (Wildman–Crippen LogP) is 1.09. The van der Waals surface area contributed by atoms with Gasteiger partial charge >= 0.3 is 0 Å². The lowest BCUT2D eigenvalue weighted by Gasteiger charge is -2.18. The van der Waals surface area contributed by atoms with Gasteiger partial charge in [0, 0.05) is 6.54 Å². The van der Waals surface area contributed by atoms with Crippen molar-refractivity contribution in [2.75, 3.05) is 26.3 Å². The highest BCUT2D eigenvalue weighted by Gasteiger charge is 2.15. The number of ether oxygens (including phenoxy) is 2. The number of amides is 1. The summed E-state index contributed by atoms with van der Waals surface area (Å²) in [6.45, 7) is 1.15. The van der Waals surface area contributed by atoms with Gasteiger partial charge in [-0.2, -0.15) is 0 Å². The fourth-order valence-electron chi connectivity index (χ4n) is 2.50. The molecule has 1 amide bonds. The molecular weight excluding hydrogens is 356 g/mol. The average Bonchev–Trinajstić information content (AvgIpc) is 2.67. The first kappa shape index (κ1) is 18.2. The molecule has 138 valence electrons. The third-order valence-corrected chi connectivity index (χ3v) is 5.24. The molecule has 7 nitrogen and oxygen atoms in total. The van der Waals surface area contributed by atoms with Crippen molar-refractivity contribution in [3.63, 3.8) is 0 Å². The number of nitrogens with one attached hydrogen (secondary N) is 2. The molecule has 2 aromatic carbocycles. The van der Waals surface area contributed by atoms with Crippen molar-refractivity contribution in [2.24, 2.45) is 0 Å². The van der Waals surface area contributed by atoms with Crippen molar-refractivity contribution in [3.05, 3.63) is 54.1 Å². The second-order valence-electron chi connectivity index (χ2n) is 5.72. The number of carbonyl (C=O) groups excluding carboxylic acids is 1. The third-order valence-electron chi connectivity index (χ3n) is 3.82. The molecule has 3 rings (SSSR count).